The maximum atomic E-state index is 12.6. The molecule has 1 saturated carbocycles. The minimum Gasteiger partial charge on any atom is -0.367 e. The standard InChI is InChI=1S/C17H26N4O3/c1-12-9-15(22)19-17(18-12)14-10-21(7-8-24-14)16(23)11-20(2)13-5-3-4-6-13/h9,13-14H,3-8,10-11H2,1-2H3,(H,18,19,22)/t14-/m1/s1. The maximum absolute atomic E-state index is 12.6. The number of nitrogens with one attached hydrogen (secondary N) is 1. The van der Waals surface area contributed by atoms with Crippen LogP contribution in [0, 0.1) is 6.92 Å². The Hall–Kier alpha value is -1.73. The van der Waals surface area contributed by atoms with E-state index in [9.17, 15) is 9.59 Å². The molecule has 1 aliphatic heterocycles. The summed E-state index contributed by atoms with van der Waals surface area (Å²) in [5, 5.41) is 0. The zero-order chi connectivity index (χ0) is 17.1. The molecule has 0 aromatic carbocycles. The van der Waals surface area contributed by atoms with E-state index >= 15 is 0 Å². The van der Waals surface area contributed by atoms with Crippen molar-refractivity contribution in [1.29, 1.82) is 0 Å². The largest absolute Gasteiger partial charge is 0.367 e. The van der Waals surface area contributed by atoms with Gasteiger partial charge in [0.25, 0.3) is 5.56 Å². The lowest BCUT2D eigenvalue weighted by Gasteiger charge is -2.34. The van der Waals surface area contributed by atoms with Crippen LogP contribution >= 0.6 is 0 Å². The number of carbonyl (C=O) groups excluding carboxylic acids is 1. The monoisotopic (exact) mass is 334 g/mol. The van der Waals surface area contributed by atoms with Crippen molar-refractivity contribution < 1.29 is 9.53 Å². The highest BCUT2D eigenvalue weighted by atomic mass is 16.5. The highest BCUT2D eigenvalue weighted by molar-refractivity contribution is 5.78. The zero-order valence-corrected chi connectivity index (χ0v) is 14.5. The maximum Gasteiger partial charge on any atom is 0.251 e. The van der Waals surface area contributed by atoms with Crippen molar-refractivity contribution in [3.8, 4) is 0 Å². The molecule has 1 N–H and O–H groups in total. The molecule has 3 rings (SSSR count). The lowest BCUT2D eigenvalue weighted by Crippen LogP contribution is -2.47. The Morgan fingerprint density at radius 3 is 2.92 bits per heavy atom. The molecular formula is C17H26N4O3. The van der Waals surface area contributed by atoms with Crippen molar-refractivity contribution >= 4 is 5.91 Å². The zero-order valence-electron chi connectivity index (χ0n) is 14.5. The van der Waals surface area contributed by atoms with E-state index in [1.54, 1.807) is 6.92 Å². The van der Waals surface area contributed by atoms with E-state index in [4.69, 9.17) is 4.74 Å². The van der Waals surface area contributed by atoms with Crippen molar-refractivity contribution in [2.45, 2.75) is 44.8 Å². The Balaban J connectivity index is 1.62. The number of H-pyrrole nitrogens is 1. The molecule has 0 spiro atoms. The van der Waals surface area contributed by atoms with Gasteiger partial charge in [-0.05, 0) is 26.8 Å². The molecule has 24 heavy (non-hydrogen) atoms. The summed E-state index contributed by atoms with van der Waals surface area (Å²) in [5.41, 5.74) is 0.465. The Kier molecular flexibility index (Phi) is 5.30. The van der Waals surface area contributed by atoms with Crippen LogP contribution in [0.25, 0.3) is 0 Å². The van der Waals surface area contributed by atoms with Crippen LogP contribution in [0.1, 0.15) is 43.3 Å². The molecule has 2 fully saturated rings. The quantitative estimate of drug-likeness (QED) is 0.883. The second kappa shape index (κ2) is 7.44. The molecule has 2 heterocycles. The van der Waals surface area contributed by atoms with Crippen molar-refractivity contribution in [3.63, 3.8) is 0 Å². The van der Waals surface area contributed by atoms with E-state index in [0.29, 0.717) is 43.8 Å². The third kappa shape index (κ3) is 4.02. The van der Waals surface area contributed by atoms with Gasteiger partial charge in [0.15, 0.2) is 0 Å². The Bertz CT molecular complexity index is 639. The van der Waals surface area contributed by atoms with Crippen LogP contribution in [-0.2, 0) is 9.53 Å². The minimum atomic E-state index is -0.368. The molecule has 132 valence electrons. The molecule has 1 saturated heterocycles. The second-order valence-corrected chi connectivity index (χ2v) is 6.82. The highest BCUT2D eigenvalue weighted by Crippen LogP contribution is 2.23. The van der Waals surface area contributed by atoms with E-state index in [1.165, 1.54) is 31.7 Å². The summed E-state index contributed by atoms with van der Waals surface area (Å²) >= 11 is 0. The smallest absolute Gasteiger partial charge is 0.251 e. The molecule has 1 atom stereocenters. The van der Waals surface area contributed by atoms with E-state index in [-0.39, 0.29) is 17.6 Å². The Morgan fingerprint density at radius 2 is 2.21 bits per heavy atom. The topological polar surface area (TPSA) is 78.5 Å². The first-order chi connectivity index (χ1) is 11.5. The molecule has 2 aliphatic rings. The second-order valence-electron chi connectivity index (χ2n) is 6.82. The molecule has 1 aliphatic carbocycles. The molecule has 1 aromatic heterocycles. The van der Waals surface area contributed by atoms with Gasteiger partial charge in [-0.25, -0.2) is 4.98 Å². The molecule has 1 amide bonds. The number of aromatic amines is 1. The van der Waals surface area contributed by atoms with Crippen molar-refractivity contribution in [2.75, 3.05) is 33.3 Å². The summed E-state index contributed by atoms with van der Waals surface area (Å²) in [6.45, 7) is 3.70. The average molecular weight is 334 g/mol. The van der Waals surface area contributed by atoms with Crippen molar-refractivity contribution in [2.24, 2.45) is 0 Å². The van der Waals surface area contributed by atoms with Crippen molar-refractivity contribution in [1.82, 2.24) is 19.8 Å². The number of aromatic nitrogens is 2. The van der Waals surface area contributed by atoms with Gasteiger partial charge in [0, 0.05) is 24.3 Å². The minimum absolute atomic E-state index is 0.118. The number of carbonyl (C=O) groups is 1. The number of hydrogen-bond acceptors (Lipinski definition) is 5. The van der Waals surface area contributed by atoms with Gasteiger partial charge in [-0.1, -0.05) is 12.8 Å². The van der Waals surface area contributed by atoms with Gasteiger partial charge in [-0.3, -0.25) is 14.5 Å². The van der Waals surface area contributed by atoms with E-state index in [0.717, 1.165) is 0 Å². The molecule has 7 nitrogen and oxygen atoms in total. The fraction of sp³-hybridized carbons (Fsp3) is 0.706. The number of rotatable bonds is 4. The number of ether oxygens (including phenoxy) is 1. The number of morpholine rings is 1. The van der Waals surface area contributed by atoms with E-state index in [2.05, 4.69) is 14.9 Å². The predicted molar refractivity (Wildman–Crippen MR) is 89.8 cm³/mol. The number of aryl methyl sites for hydroxylation is 1. The lowest BCUT2D eigenvalue weighted by atomic mass is 10.2. The molecule has 1 aromatic rings. The molecule has 7 heteroatoms. The van der Waals surface area contributed by atoms with Crippen LogP contribution < -0.4 is 5.56 Å². The summed E-state index contributed by atoms with van der Waals surface area (Å²) < 4.78 is 5.72. The Labute approximate surface area is 142 Å². The van der Waals surface area contributed by atoms with Gasteiger partial charge in [0.1, 0.15) is 11.9 Å². The van der Waals surface area contributed by atoms with Gasteiger partial charge in [0.05, 0.1) is 19.7 Å². The first kappa shape index (κ1) is 17.1. The lowest BCUT2D eigenvalue weighted by molar-refractivity contribution is -0.140. The van der Waals surface area contributed by atoms with E-state index in [1.807, 2.05) is 11.9 Å². The Morgan fingerprint density at radius 1 is 1.46 bits per heavy atom. The van der Waals surface area contributed by atoms with Crippen LogP contribution in [0.4, 0.5) is 0 Å². The summed E-state index contributed by atoms with van der Waals surface area (Å²) in [6, 6.07) is 1.98. The van der Waals surface area contributed by atoms with Crippen LogP contribution in [0.2, 0.25) is 0 Å². The SMILES string of the molecule is Cc1cc(=O)[nH]c([C@H]2CN(C(=O)CN(C)C3CCCC3)CCO2)n1. The number of likely N-dealkylation sites (N-methyl/N-ethyl adjacent to an activating group) is 1. The van der Waals surface area contributed by atoms with Crippen LogP contribution in [-0.4, -0.2) is 65.0 Å². The molecule has 0 unspecified atom stereocenters. The highest BCUT2D eigenvalue weighted by Gasteiger charge is 2.29. The van der Waals surface area contributed by atoms with Gasteiger partial charge < -0.3 is 14.6 Å². The number of nitrogens with zero attached hydrogens (tertiary/aromatic N) is 3. The van der Waals surface area contributed by atoms with Gasteiger partial charge in [-0.2, -0.15) is 0 Å². The fourth-order valence-corrected chi connectivity index (χ4v) is 3.58. The van der Waals surface area contributed by atoms with Crippen LogP contribution in [0.5, 0.6) is 0 Å². The first-order valence-corrected chi connectivity index (χ1v) is 8.70. The summed E-state index contributed by atoms with van der Waals surface area (Å²) in [5.74, 6) is 0.620. The molecular weight excluding hydrogens is 308 g/mol. The van der Waals surface area contributed by atoms with Gasteiger partial charge in [-0.15, -0.1) is 0 Å². The summed E-state index contributed by atoms with van der Waals surface area (Å²) in [4.78, 5) is 35.3. The summed E-state index contributed by atoms with van der Waals surface area (Å²) in [6.07, 6.45) is 4.52. The van der Waals surface area contributed by atoms with Gasteiger partial charge >= 0.3 is 0 Å². The third-order valence-corrected chi connectivity index (χ3v) is 4.94. The predicted octanol–water partition coefficient (Wildman–Crippen LogP) is 0.853. The normalized spacial score (nSPS) is 22.3. The van der Waals surface area contributed by atoms with Crippen LogP contribution in [0.15, 0.2) is 10.9 Å². The fourth-order valence-electron chi connectivity index (χ4n) is 3.58. The number of amides is 1. The third-order valence-electron chi connectivity index (χ3n) is 4.94. The molecule has 0 radical (unpaired) electrons. The molecule has 0 bridgehead atoms. The van der Waals surface area contributed by atoms with Crippen LogP contribution in [0.3, 0.4) is 0 Å². The van der Waals surface area contributed by atoms with E-state index < -0.39 is 0 Å². The summed E-state index contributed by atoms with van der Waals surface area (Å²) in [7, 11) is 2.03. The average Bonchev–Trinajstić information content (AvgIpc) is 3.08. The first-order valence-electron chi connectivity index (χ1n) is 8.70. The number of hydrogen-bond donors (Lipinski definition) is 1. The van der Waals surface area contributed by atoms with Crippen molar-refractivity contribution in [3.05, 3.63) is 27.9 Å². The van der Waals surface area contributed by atoms with Gasteiger partial charge in [0.2, 0.25) is 5.91 Å².